The van der Waals surface area contributed by atoms with Gasteiger partial charge in [-0.3, -0.25) is 9.20 Å². The first-order valence-corrected chi connectivity index (χ1v) is 13.8. The van der Waals surface area contributed by atoms with Crippen LogP contribution >= 0.6 is 0 Å². The molecule has 4 aromatic rings. The van der Waals surface area contributed by atoms with Crippen LogP contribution in [0.1, 0.15) is 61.5 Å². The Morgan fingerprint density at radius 3 is 2.37 bits per heavy atom. The predicted octanol–water partition coefficient (Wildman–Crippen LogP) is 5.79. The number of carboxylic acid groups (broad SMARTS) is 1. The molecule has 3 atom stereocenters. The highest BCUT2D eigenvalue weighted by atomic mass is 19.4. The van der Waals surface area contributed by atoms with E-state index in [0.29, 0.717) is 35.4 Å². The molecule has 4 fully saturated rings. The van der Waals surface area contributed by atoms with Crippen molar-refractivity contribution in [3.8, 4) is 11.3 Å². The molecule has 2 aromatic heterocycles. The van der Waals surface area contributed by atoms with E-state index in [1.54, 1.807) is 30.5 Å². The predicted molar refractivity (Wildman–Crippen MR) is 145 cm³/mol. The lowest BCUT2D eigenvalue weighted by Crippen LogP contribution is -2.50. The third-order valence-corrected chi connectivity index (χ3v) is 10.2. The van der Waals surface area contributed by atoms with Gasteiger partial charge < -0.3 is 15.9 Å². The largest absolute Gasteiger partial charge is 0.481 e. The van der Waals surface area contributed by atoms with Crippen LogP contribution in [0.3, 0.4) is 0 Å². The van der Waals surface area contributed by atoms with Gasteiger partial charge in [0.2, 0.25) is 0 Å². The number of aliphatic carboxylic acids is 1. The zero-order valence-electron chi connectivity index (χ0n) is 22.3. The Labute approximate surface area is 233 Å². The van der Waals surface area contributed by atoms with Gasteiger partial charge in [0.1, 0.15) is 28.5 Å². The normalized spacial score (nSPS) is 28.3. The van der Waals surface area contributed by atoms with E-state index < -0.39 is 28.7 Å². The lowest BCUT2D eigenvalue weighted by molar-refractivity contribution is -0.158. The lowest BCUT2D eigenvalue weighted by Gasteiger charge is -2.50. The SMILES string of the molecule is CC(O)(c1ccc(-c2nc(C34CCC(C(=O)O)(CC3)C3CC34)n3ccnc(N)c23)cc1)c1cccc(C(F)(F)F)c1. The molecule has 0 spiro atoms. The number of hydrogen-bond donors (Lipinski definition) is 3. The van der Waals surface area contributed by atoms with Crippen LogP contribution in [0.25, 0.3) is 16.8 Å². The number of alkyl halides is 3. The fraction of sp³-hybridized carbons (Fsp3) is 0.387. The summed E-state index contributed by atoms with van der Waals surface area (Å²) in [7, 11) is 0. The summed E-state index contributed by atoms with van der Waals surface area (Å²) >= 11 is 0. The standard InChI is InChI=1S/C31H29F3N4O3/c1-28(41,19-3-2-4-20(15-19)31(32,33)34)18-7-5-17(6-8-18)23-24-25(35)36-13-14-38(24)26(37-23)29-9-11-30(12-10-29,27(39)40)22-16-21(22)29/h2-8,13-15,21-22,41H,9-12,16H2,1H3,(H2,35,36)(H,39,40). The van der Waals surface area contributed by atoms with Gasteiger partial charge in [-0.1, -0.05) is 36.4 Å². The van der Waals surface area contributed by atoms with Crippen molar-refractivity contribution in [1.82, 2.24) is 14.4 Å². The first kappa shape index (κ1) is 26.0. The summed E-state index contributed by atoms with van der Waals surface area (Å²) in [6, 6.07) is 11.6. The molecule has 7 nitrogen and oxygen atoms in total. The maximum Gasteiger partial charge on any atom is 0.416 e. The van der Waals surface area contributed by atoms with Crippen molar-refractivity contribution < 1.29 is 28.2 Å². The van der Waals surface area contributed by atoms with Gasteiger partial charge >= 0.3 is 12.1 Å². The number of halogens is 3. The van der Waals surface area contributed by atoms with E-state index in [9.17, 15) is 28.2 Å². The average molecular weight is 563 g/mol. The van der Waals surface area contributed by atoms with Crippen LogP contribution in [0.2, 0.25) is 0 Å². The molecule has 4 aliphatic carbocycles. The highest BCUT2D eigenvalue weighted by Gasteiger charge is 2.72. The summed E-state index contributed by atoms with van der Waals surface area (Å²) in [5.74, 6) is 0.939. The van der Waals surface area contributed by atoms with E-state index in [4.69, 9.17) is 10.7 Å². The van der Waals surface area contributed by atoms with Crippen LogP contribution in [0.5, 0.6) is 0 Å². The van der Waals surface area contributed by atoms with Gasteiger partial charge in [0.15, 0.2) is 0 Å². The Kier molecular flexibility index (Phi) is 5.27. The number of carboxylic acids is 1. The number of nitrogen functional groups attached to an aromatic ring is 1. The number of aromatic nitrogens is 3. The number of benzene rings is 2. The van der Waals surface area contributed by atoms with E-state index in [2.05, 4.69) is 4.98 Å². The first-order chi connectivity index (χ1) is 19.4. The number of rotatable bonds is 5. The topological polar surface area (TPSA) is 114 Å². The van der Waals surface area contributed by atoms with Crippen molar-refractivity contribution in [3.63, 3.8) is 0 Å². The summed E-state index contributed by atoms with van der Waals surface area (Å²) < 4.78 is 41.9. The Hall–Kier alpha value is -3.92. The quantitative estimate of drug-likeness (QED) is 0.284. The van der Waals surface area contributed by atoms with Gasteiger partial charge in [-0.15, -0.1) is 0 Å². The summed E-state index contributed by atoms with van der Waals surface area (Å²) in [6.07, 6.45) is 2.62. The molecule has 2 bridgehead atoms. The van der Waals surface area contributed by atoms with E-state index in [1.165, 1.54) is 19.1 Å². The van der Waals surface area contributed by atoms with Crippen molar-refractivity contribution in [2.75, 3.05) is 5.73 Å². The molecule has 0 aliphatic heterocycles. The molecular formula is C31H29F3N4O3. The molecule has 4 aliphatic rings. The molecule has 3 unspecified atom stereocenters. The zero-order valence-corrected chi connectivity index (χ0v) is 22.3. The van der Waals surface area contributed by atoms with Gasteiger partial charge in [0, 0.05) is 23.4 Å². The number of anilines is 1. The molecule has 4 N–H and O–H groups in total. The maximum atomic E-state index is 13.3. The Bertz CT molecular complexity index is 1700. The van der Waals surface area contributed by atoms with Gasteiger partial charge in [-0.25, -0.2) is 9.97 Å². The summed E-state index contributed by atoms with van der Waals surface area (Å²) in [5, 5.41) is 21.3. The van der Waals surface area contributed by atoms with E-state index in [1.807, 2.05) is 10.6 Å². The molecule has 0 saturated heterocycles. The highest BCUT2D eigenvalue weighted by Crippen LogP contribution is 2.73. The smallest absolute Gasteiger partial charge is 0.416 e. The average Bonchev–Trinajstić information content (AvgIpc) is 3.70. The Morgan fingerprint density at radius 2 is 1.71 bits per heavy atom. The Balaban J connectivity index is 1.28. The summed E-state index contributed by atoms with van der Waals surface area (Å²) in [5.41, 5.74) is 5.62. The number of nitrogens with two attached hydrogens (primary N) is 1. The molecule has 212 valence electrons. The molecule has 2 aromatic carbocycles. The third-order valence-electron chi connectivity index (χ3n) is 10.2. The van der Waals surface area contributed by atoms with Crippen LogP contribution < -0.4 is 5.73 Å². The van der Waals surface area contributed by atoms with Gasteiger partial charge in [0.05, 0.1) is 11.0 Å². The minimum absolute atomic E-state index is 0.133. The second-order valence-corrected chi connectivity index (χ2v) is 12.1. The molecular weight excluding hydrogens is 533 g/mol. The number of aliphatic hydroxyl groups is 1. The zero-order chi connectivity index (χ0) is 28.9. The molecule has 0 amide bonds. The lowest BCUT2D eigenvalue weighted by atomic mass is 9.53. The monoisotopic (exact) mass is 562 g/mol. The number of imidazole rings is 1. The van der Waals surface area contributed by atoms with Crippen LogP contribution in [0.15, 0.2) is 60.9 Å². The van der Waals surface area contributed by atoms with Crippen molar-refractivity contribution in [2.45, 2.75) is 56.2 Å². The summed E-state index contributed by atoms with van der Waals surface area (Å²) in [6.45, 7) is 1.47. The molecule has 4 saturated carbocycles. The van der Waals surface area contributed by atoms with Crippen LogP contribution in [0.4, 0.5) is 19.0 Å². The first-order valence-electron chi connectivity index (χ1n) is 13.8. The minimum atomic E-state index is -4.52. The molecule has 8 rings (SSSR count). The molecule has 41 heavy (non-hydrogen) atoms. The van der Waals surface area contributed by atoms with Gasteiger partial charge in [-0.05, 0) is 74.1 Å². The second kappa shape index (κ2) is 8.31. The van der Waals surface area contributed by atoms with Gasteiger partial charge in [0.25, 0.3) is 0 Å². The number of hydrogen-bond acceptors (Lipinski definition) is 5. The van der Waals surface area contributed by atoms with E-state index >= 15 is 0 Å². The van der Waals surface area contributed by atoms with Crippen molar-refractivity contribution in [3.05, 3.63) is 83.4 Å². The highest BCUT2D eigenvalue weighted by molar-refractivity contribution is 5.86. The summed E-state index contributed by atoms with van der Waals surface area (Å²) in [4.78, 5) is 21.7. The number of nitrogens with zero attached hydrogens (tertiary/aromatic N) is 3. The second-order valence-electron chi connectivity index (χ2n) is 12.1. The Morgan fingerprint density at radius 1 is 1.02 bits per heavy atom. The van der Waals surface area contributed by atoms with Crippen molar-refractivity contribution in [2.24, 2.45) is 17.3 Å². The van der Waals surface area contributed by atoms with Crippen LogP contribution in [0, 0.1) is 17.3 Å². The fourth-order valence-electron chi connectivity index (χ4n) is 7.80. The van der Waals surface area contributed by atoms with Crippen molar-refractivity contribution >= 4 is 17.3 Å². The van der Waals surface area contributed by atoms with E-state index in [-0.39, 0.29) is 22.8 Å². The van der Waals surface area contributed by atoms with Crippen LogP contribution in [-0.4, -0.2) is 30.6 Å². The van der Waals surface area contributed by atoms with E-state index in [0.717, 1.165) is 42.8 Å². The molecule has 0 radical (unpaired) electrons. The van der Waals surface area contributed by atoms with Crippen LogP contribution in [-0.2, 0) is 22.0 Å². The molecule has 10 heteroatoms. The third kappa shape index (κ3) is 3.59. The maximum absolute atomic E-state index is 13.3. The minimum Gasteiger partial charge on any atom is -0.481 e. The molecule has 2 heterocycles. The van der Waals surface area contributed by atoms with Gasteiger partial charge in [-0.2, -0.15) is 13.2 Å². The van der Waals surface area contributed by atoms with Crippen molar-refractivity contribution in [1.29, 1.82) is 0 Å². The number of carbonyl (C=O) groups is 1. The fourth-order valence-corrected chi connectivity index (χ4v) is 7.80. The number of fused-ring (bicyclic) bond motifs is 3.